The molecule has 124 valence electrons. The molecule has 1 aliphatic rings. The maximum Gasteiger partial charge on any atom is 0.344 e. The molecule has 3 rings (SSSR count). The molecule has 6 heteroatoms. The van der Waals surface area contributed by atoms with Gasteiger partial charge in [0, 0.05) is 25.4 Å². The third kappa shape index (κ3) is 3.91. The first-order valence-electron chi connectivity index (χ1n) is 7.73. The number of carbonyl (C=O) groups is 1. The molecule has 0 bridgehead atoms. The second-order valence-electron chi connectivity index (χ2n) is 5.27. The van der Waals surface area contributed by atoms with E-state index in [0.717, 1.165) is 0 Å². The van der Waals surface area contributed by atoms with Gasteiger partial charge < -0.3 is 14.4 Å². The monoisotopic (exact) mass is 326 g/mol. The molecular weight excluding hydrogens is 308 g/mol. The molecule has 2 aromatic rings. The van der Waals surface area contributed by atoms with Crippen LogP contribution >= 0.6 is 0 Å². The molecule has 0 aliphatic carbocycles. The fourth-order valence-corrected chi connectivity index (χ4v) is 2.35. The Hall–Kier alpha value is -2.86. The summed E-state index contributed by atoms with van der Waals surface area (Å²) < 4.78 is 12.3. The van der Waals surface area contributed by atoms with E-state index in [1.54, 1.807) is 42.6 Å². The topological polar surface area (TPSA) is 60.8 Å². The summed E-state index contributed by atoms with van der Waals surface area (Å²) in [5.41, 5.74) is 0.260. The third-order valence-electron chi connectivity index (χ3n) is 3.63. The van der Waals surface area contributed by atoms with Gasteiger partial charge in [-0.2, -0.15) is 0 Å². The van der Waals surface area contributed by atoms with Gasteiger partial charge in [-0.15, -0.1) is 0 Å². The van der Waals surface area contributed by atoms with E-state index >= 15 is 0 Å². The number of ether oxygens (including phenoxy) is 2. The molecule has 1 aromatic carbocycles. The second kappa shape index (κ2) is 7.61. The highest BCUT2D eigenvalue weighted by atomic mass is 16.6. The maximum atomic E-state index is 12.4. The molecular formula is C18H18N2O4. The normalized spacial score (nSPS) is 15.2. The zero-order chi connectivity index (χ0) is 16.8. The minimum Gasteiger partial charge on any atom is -0.404 e. The Morgan fingerprint density at radius 1 is 1.04 bits per heavy atom. The van der Waals surface area contributed by atoms with E-state index in [9.17, 15) is 9.59 Å². The Kier molecular flexibility index (Phi) is 5.08. The Morgan fingerprint density at radius 3 is 2.46 bits per heavy atom. The molecule has 24 heavy (non-hydrogen) atoms. The van der Waals surface area contributed by atoms with Crippen LogP contribution in [-0.4, -0.2) is 41.7 Å². The highest BCUT2D eigenvalue weighted by Crippen LogP contribution is 2.13. The van der Waals surface area contributed by atoms with Crippen LogP contribution in [0.3, 0.4) is 0 Å². The van der Waals surface area contributed by atoms with Crippen molar-refractivity contribution in [3.63, 3.8) is 0 Å². The minimum atomic E-state index is -0.461. The second-order valence-corrected chi connectivity index (χ2v) is 5.27. The first-order valence-corrected chi connectivity index (χ1v) is 7.73. The Morgan fingerprint density at radius 2 is 1.75 bits per heavy atom. The summed E-state index contributed by atoms with van der Waals surface area (Å²) in [5, 5.41) is 0. The van der Waals surface area contributed by atoms with Gasteiger partial charge in [0.2, 0.25) is 5.88 Å². The van der Waals surface area contributed by atoms with E-state index in [-0.39, 0.29) is 5.56 Å². The van der Waals surface area contributed by atoms with Crippen LogP contribution in [0, 0.1) is 0 Å². The lowest BCUT2D eigenvalue weighted by Crippen LogP contribution is -2.37. The fourth-order valence-electron chi connectivity index (χ4n) is 2.35. The van der Waals surface area contributed by atoms with E-state index in [0.29, 0.717) is 37.7 Å². The number of aromatic nitrogens is 1. The average molecular weight is 326 g/mol. The molecule has 0 saturated carbocycles. The Balaban J connectivity index is 1.89. The van der Waals surface area contributed by atoms with Crippen molar-refractivity contribution in [3.8, 4) is 0 Å². The summed E-state index contributed by atoms with van der Waals surface area (Å²) in [4.78, 5) is 26.2. The predicted molar refractivity (Wildman–Crippen MR) is 89.2 cm³/mol. The van der Waals surface area contributed by atoms with Crippen LogP contribution in [0.25, 0.3) is 6.20 Å². The Bertz CT molecular complexity index is 777. The molecule has 6 nitrogen and oxygen atoms in total. The van der Waals surface area contributed by atoms with Crippen molar-refractivity contribution >= 4 is 12.2 Å². The Labute approximate surface area is 139 Å². The molecule has 1 fully saturated rings. The molecule has 0 amide bonds. The number of morpholine rings is 1. The number of esters is 1. The smallest absolute Gasteiger partial charge is 0.344 e. The number of pyridine rings is 1. The van der Waals surface area contributed by atoms with Crippen molar-refractivity contribution in [2.45, 2.75) is 0 Å². The van der Waals surface area contributed by atoms with E-state index in [1.165, 1.54) is 16.8 Å². The molecule has 1 aromatic heterocycles. The van der Waals surface area contributed by atoms with Gasteiger partial charge in [-0.3, -0.25) is 9.36 Å². The standard InChI is InChI=1S/C18H18N2O4/c21-16-8-4-5-9-20(16)14-17(19-10-12-23-13-11-19)24-18(22)15-6-2-1-3-7-15/h1-9,14H,10-13H2. The van der Waals surface area contributed by atoms with Gasteiger partial charge >= 0.3 is 5.97 Å². The highest BCUT2D eigenvalue weighted by Gasteiger charge is 2.19. The molecule has 0 N–H and O–H groups in total. The molecule has 0 unspecified atom stereocenters. The highest BCUT2D eigenvalue weighted by molar-refractivity contribution is 5.90. The lowest BCUT2D eigenvalue weighted by molar-refractivity contribution is 0.0153. The number of rotatable bonds is 4. The quantitative estimate of drug-likeness (QED) is 0.633. The lowest BCUT2D eigenvalue weighted by Gasteiger charge is -2.29. The maximum absolute atomic E-state index is 12.4. The lowest BCUT2D eigenvalue weighted by atomic mass is 10.2. The zero-order valence-electron chi connectivity index (χ0n) is 13.1. The third-order valence-corrected chi connectivity index (χ3v) is 3.63. The van der Waals surface area contributed by atoms with Crippen LogP contribution in [0.15, 0.2) is 65.4 Å². The minimum absolute atomic E-state index is 0.195. The van der Waals surface area contributed by atoms with Crippen molar-refractivity contribution in [2.75, 3.05) is 26.3 Å². The number of hydrogen-bond acceptors (Lipinski definition) is 5. The van der Waals surface area contributed by atoms with E-state index in [2.05, 4.69) is 0 Å². The summed E-state index contributed by atoms with van der Waals surface area (Å²) in [7, 11) is 0. The molecule has 1 aliphatic heterocycles. The van der Waals surface area contributed by atoms with E-state index in [1.807, 2.05) is 11.0 Å². The first kappa shape index (κ1) is 16.0. The van der Waals surface area contributed by atoms with Gasteiger partial charge in [-0.25, -0.2) is 4.79 Å². The summed E-state index contributed by atoms with van der Waals surface area (Å²) in [6.45, 7) is 2.28. The van der Waals surface area contributed by atoms with Crippen LogP contribution in [0.2, 0.25) is 0 Å². The number of hydrogen-bond donors (Lipinski definition) is 0. The van der Waals surface area contributed by atoms with E-state index < -0.39 is 5.97 Å². The molecule has 2 heterocycles. The SMILES string of the molecule is O=C(OC(=Cn1ccccc1=O)N1CCOCC1)c1ccccc1. The number of benzene rings is 1. The molecule has 1 saturated heterocycles. The van der Waals surface area contributed by atoms with E-state index in [4.69, 9.17) is 9.47 Å². The van der Waals surface area contributed by atoms with Crippen LogP contribution in [0.1, 0.15) is 10.4 Å². The summed E-state index contributed by atoms with van der Waals surface area (Å²) in [5.74, 6) is -0.127. The van der Waals surface area contributed by atoms with Crippen LogP contribution < -0.4 is 5.56 Å². The van der Waals surface area contributed by atoms with Crippen molar-refractivity contribution in [2.24, 2.45) is 0 Å². The molecule has 0 radical (unpaired) electrons. The van der Waals surface area contributed by atoms with Crippen LogP contribution in [0.4, 0.5) is 0 Å². The fraction of sp³-hybridized carbons (Fsp3) is 0.222. The van der Waals surface area contributed by atoms with Crippen molar-refractivity contribution in [3.05, 3.63) is 76.5 Å². The number of carbonyl (C=O) groups excluding carboxylic acids is 1. The summed E-state index contributed by atoms with van der Waals surface area (Å²) in [6, 6.07) is 13.6. The van der Waals surface area contributed by atoms with Crippen LogP contribution in [0.5, 0.6) is 0 Å². The van der Waals surface area contributed by atoms with Gasteiger partial charge in [0.05, 0.1) is 25.0 Å². The van der Waals surface area contributed by atoms with Gasteiger partial charge in [0.25, 0.3) is 5.56 Å². The van der Waals surface area contributed by atoms with Crippen molar-refractivity contribution in [1.29, 1.82) is 0 Å². The molecule has 0 atom stereocenters. The van der Waals surface area contributed by atoms with Gasteiger partial charge in [-0.1, -0.05) is 24.3 Å². The zero-order valence-corrected chi connectivity index (χ0v) is 13.1. The number of nitrogens with zero attached hydrogens (tertiary/aromatic N) is 2. The predicted octanol–water partition coefficient (Wildman–Crippen LogP) is 1.79. The van der Waals surface area contributed by atoms with Gasteiger partial charge in [-0.05, 0) is 18.2 Å². The average Bonchev–Trinajstić information content (AvgIpc) is 2.64. The van der Waals surface area contributed by atoms with Crippen molar-refractivity contribution < 1.29 is 14.3 Å². The van der Waals surface area contributed by atoms with Gasteiger partial charge in [0.1, 0.15) is 0 Å². The summed E-state index contributed by atoms with van der Waals surface area (Å²) in [6.07, 6.45) is 3.16. The summed E-state index contributed by atoms with van der Waals surface area (Å²) >= 11 is 0. The van der Waals surface area contributed by atoms with Crippen molar-refractivity contribution in [1.82, 2.24) is 9.47 Å². The largest absolute Gasteiger partial charge is 0.404 e. The first-order chi connectivity index (χ1) is 11.7. The van der Waals surface area contributed by atoms with Gasteiger partial charge in [0.15, 0.2) is 0 Å². The molecule has 0 spiro atoms. The van der Waals surface area contributed by atoms with Crippen LogP contribution in [-0.2, 0) is 9.47 Å².